The van der Waals surface area contributed by atoms with Crippen LogP contribution in [0, 0.1) is 17.6 Å². The Kier molecular flexibility index (Phi) is 4.27. The van der Waals surface area contributed by atoms with Crippen LogP contribution in [0.4, 0.5) is 8.78 Å². The van der Waals surface area contributed by atoms with Gasteiger partial charge in [-0.2, -0.15) is 0 Å². The van der Waals surface area contributed by atoms with Gasteiger partial charge in [0.15, 0.2) is 0 Å². The standard InChI is InChI=1S/C17H23F2NO/c18-13-4-5-14(15(19)10-13)16(20)12-6-9-21-17(11-12)7-2-1-3-8-17/h4-5,10,12,16H,1-3,6-9,11,20H2. The van der Waals surface area contributed by atoms with Gasteiger partial charge in [0.25, 0.3) is 0 Å². The third-order valence-electron chi connectivity index (χ3n) is 5.13. The highest BCUT2D eigenvalue weighted by atomic mass is 19.1. The summed E-state index contributed by atoms with van der Waals surface area (Å²) in [6.07, 6.45) is 7.59. The summed E-state index contributed by atoms with van der Waals surface area (Å²) in [7, 11) is 0. The van der Waals surface area contributed by atoms with E-state index in [4.69, 9.17) is 10.5 Å². The molecule has 1 heterocycles. The minimum Gasteiger partial charge on any atom is -0.375 e. The van der Waals surface area contributed by atoms with Gasteiger partial charge < -0.3 is 10.5 Å². The fourth-order valence-electron chi connectivity index (χ4n) is 3.94. The van der Waals surface area contributed by atoms with Crippen LogP contribution < -0.4 is 5.73 Å². The Balaban J connectivity index is 1.76. The van der Waals surface area contributed by atoms with E-state index in [0.717, 1.165) is 31.7 Å². The molecule has 21 heavy (non-hydrogen) atoms. The van der Waals surface area contributed by atoms with Crippen LogP contribution >= 0.6 is 0 Å². The molecule has 2 atom stereocenters. The third-order valence-corrected chi connectivity index (χ3v) is 5.13. The number of halogens is 2. The monoisotopic (exact) mass is 295 g/mol. The van der Waals surface area contributed by atoms with Crippen LogP contribution in [-0.4, -0.2) is 12.2 Å². The van der Waals surface area contributed by atoms with Crippen LogP contribution in [0.1, 0.15) is 56.6 Å². The van der Waals surface area contributed by atoms with Crippen molar-refractivity contribution in [3.8, 4) is 0 Å². The lowest BCUT2D eigenvalue weighted by molar-refractivity contribution is -0.120. The van der Waals surface area contributed by atoms with Crippen molar-refractivity contribution in [3.05, 3.63) is 35.4 Å². The molecule has 116 valence electrons. The molecule has 0 radical (unpaired) electrons. The van der Waals surface area contributed by atoms with E-state index in [1.54, 1.807) is 0 Å². The Hall–Kier alpha value is -1.00. The summed E-state index contributed by atoms with van der Waals surface area (Å²) in [5, 5.41) is 0. The van der Waals surface area contributed by atoms with Crippen molar-refractivity contribution >= 4 is 0 Å². The molecule has 1 aromatic rings. The summed E-state index contributed by atoms with van der Waals surface area (Å²) >= 11 is 0. The summed E-state index contributed by atoms with van der Waals surface area (Å²) in [6.45, 7) is 0.696. The topological polar surface area (TPSA) is 35.2 Å². The van der Waals surface area contributed by atoms with Crippen LogP contribution in [0.3, 0.4) is 0 Å². The van der Waals surface area contributed by atoms with Crippen molar-refractivity contribution in [2.24, 2.45) is 11.7 Å². The highest BCUT2D eigenvalue weighted by Crippen LogP contribution is 2.43. The number of nitrogens with two attached hydrogens (primary N) is 1. The van der Waals surface area contributed by atoms with Gasteiger partial charge in [0.1, 0.15) is 11.6 Å². The summed E-state index contributed by atoms with van der Waals surface area (Å²) in [6, 6.07) is 3.31. The van der Waals surface area contributed by atoms with Crippen LogP contribution in [0.5, 0.6) is 0 Å². The molecule has 4 heteroatoms. The second kappa shape index (κ2) is 6.01. The third kappa shape index (κ3) is 3.11. The second-order valence-electron chi connectivity index (χ2n) is 6.54. The minimum atomic E-state index is -0.556. The molecule has 0 bridgehead atoms. The van der Waals surface area contributed by atoms with Crippen molar-refractivity contribution in [1.82, 2.24) is 0 Å². The molecule has 1 saturated carbocycles. The smallest absolute Gasteiger partial charge is 0.130 e. The largest absolute Gasteiger partial charge is 0.375 e. The van der Waals surface area contributed by atoms with Gasteiger partial charge in [-0.05, 0) is 37.7 Å². The predicted octanol–water partition coefficient (Wildman–Crippen LogP) is 4.09. The minimum absolute atomic E-state index is 0.0463. The molecule has 1 aliphatic carbocycles. The lowest BCUT2D eigenvalue weighted by Gasteiger charge is -2.45. The van der Waals surface area contributed by atoms with E-state index in [-0.39, 0.29) is 17.6 Å². The fourth-order valence-corrected chi connectivity index (χ4v) is 3.94. The molecule has 3 rings (SSSR count). The van der Waals surface area contributed by atoms with Gasteiger partial charge >= 0.3 is 0 Å². The molecule has 2 aliphatic rings. The van der Waals surface area contributed by atoms with E-state index < -0.39 is 11.6 Å². The lowest BCUT2D eigenvalue weighted by atomic mass is 9.73. The van der Waals surface area contributed by atoms with Crippen molar-refractivity contribution in [2.75, 3.05) is 6.61 Å². The molecule has 2 nitrogen and oxygen atoms in total. The average Bonchev–Trinajstić information content (AvgIpc) is 2.47. The molecule has 2 fully saturated rings. The van der Waals surface area contributed by atoms with Gasteiger partial charge in [-0.25, -0.2) is 8.78 Å². The van der Waals surface area contributed by atoms with Crippen molar-refractivity contribution in [3.63, 3.8) is 0 Å². The van der Waals surface area contributed by atoms with Gasteiger partial charge in [0, 0.05) is 24.3 Å². The zero-order valence-corrected chi connectivity index (χ0v) is 12.3. The quantitative estimate of drug-likeness (QED) is 0.891. The van der Waals surface area contributed by atoms with Gasteiger partial charge in [0.2, 0.25) is 0 Å². The number of hydrogen-bond acceptors (Lipinski definition) is 2. The molecule has 1 aliphatic heterocycles. The Morgan fingerprint density at radius 3 is 2.67 bits per heavy atom. The first kappa shape index (κ1) is 14.9. The summed E-state index contributed by atoms with van der Waals surface area (Å²) in [5.74, 6) is -0.886. The van der Waals surface area contributed by atoms with Crippen LogP contribution in [0.15, 0.2) is 18.2 Å². The fraction of sp³-hybridized carbons (Fsp3) is 0.647. The molecule has 1 spiro atoms. The Morgan fingerprint density at radius 2 is 1.95 bits per heavy atom. The predicted molar refractivity (Wildman–Crippen MR) is 77.8 cm³/mol. The van der Waals surface area contributed by atoms with E-state index in [2.05, 4.69) is 0 Å². The number of rotatable bonds is 2. The molecule has 1 aromatic carbocycles. The molecule has 0 amide bonds. The maximum Gasteiger partial charge on any atom is 0.130 e. The summed E-state index contributed by atoms with van der Waals surface area (Å²) < 4.78 is 33.0. The highest BCUT2D eigenvalue weighted by Gasteiger charge is 2.40. The zero-order chi connectivity index (χ0) is 14.9. The second-order valence-corrected chi connectivity index (χ2v) is 6.54. The Morgan fingerprint density at radius 1 is 1.19 bits per heavy atom. The maximum absolute atomic E-state index is 13.9. The Bertz CT molecular complexity index is 494. The Labute approximate surface area is 124 Å². The normalized spacial score (nSPS) is 26.7. The summed E-state index contributed by atoms with van der Waals surface area (Å²) in [5.41, 5.74) is 6.67. The van der Waals surface area contributed by atoms with Gasteiger partial charge in [-0.15, -0.1) is 0 Å². The first-order valence-electron chi connectivity index (χ1n) is 7.94. The number of ether oxygens (including phenoxy) is 1. The zero-order valence-electron chi connectivity index (χ0n) is 12.3. The van der Waals surface area contributed by atoms with E-state index in [1.807, 2.05) is 0 Å². The van der Waals surface area contributed by atoms with Crippen molar-refractivity contribution < 1.29 is 13.5 Å². The molecule has 1 saturated heterocycles. The van der Waals surface area contributed by atoms with Gasteiger partial charge in [-0.1, -0.05) is 25.3 Å². The SMILES string of the molecule is NC(c1ccc(F)cc1F)C1CCOC2(CCCCC2)C1. The lowest BCUT2D eigenvalue weighted by Crippen LogP contribution is -2.44. The number of hydrogen-bond donors (Lipinski definition) is 1. The van der Waals surface area contributed by atoms with Gasteiger partial charge in [-0.3, -0.25) is 0 Å². The first-order chi connectivity index (χ1) is 10.1. The highest BCUT2D eigenvalue weighted by molar-refractivity contribution is 5.23. The van der Waals surface area contributed by atoms with E-state index in [0.29, 0.717) is 12.2 Å². The molecular weight excluding hydrogens is 272 g/mol. The van der Waals surface area contributed by atoms with Gasteiger partial charge in [0.05, 0.1) is 5.60 Å². The number of benzene rings is 1. The van der Waals surface area contributed by atoms with Crippen LogP contribution in [-0.2, 0) is 4.74 Å². The molecule has 2 unspecified atom stereocenters. The van der Waals surface area contributed by atoms with Crippen LogP contribution in [0.2, 0.25) is 0 Å². The average molecular weight is 295 g/mol. The summed E-state index contributed by atoms with van der Waals surface area (Å²) in [4.78, 5) is 0. The molecular formula is C17H23F2NO. The van der Waals surface area contributed by atoms with Crippen molar-refractivity contribution in [1.29, 1.82) is 0 Å². The molecule has 0 aromatic heterocycles. The van der Waals surface area contributed by atoms with E-state index in [1.165, 1.54) is 31.4 Å². The van der Waals surface area contributed by atoms with E-state index in [9.17, 15) is 8.78 Å². The van der Waals surface area contributed by atoms with E-state index >= 15 is 0 Å². The van der Waals surface area contributed by atoms with Crippen LogP contribution in [0.25, 0.3) is 0 Å². The maximum atomic E-state index is 13.9. The van der Waals surface area contributed by atoms with Crippen molar-refractivity contribution in [2.45, 2.75) is 56.6 Å². The molecule has 2 N–H and O–H groups in total. The first-order valence-corrected chi connectivity index (χ1v) is 7.94.